The zero-order valence-electron chi connectivity index (χ0n) is 20.5. The van der Waals surface area contributed by atoms with E-state index in [1.165, 1.54) is 47.8 Å². The second kappa shape index (κ2) is 10.9. The van der Waals surface area contributed by atoms with Crippen molar-refractivity contribution in [2.75, 3.05) is 30.2 Å². The standard InChI is InChI=1S/C26H29N3O6S2/c1-19-5-3-7-22(17-19)28-36(31,32)24-12-8-21(9-13-24)27-26(30)20-6-4-16-29(18-20)37(33,34)25-14-10-23(35-2)11-15-25/h3,5,7-15,17,20,28H,4,6,16,18H2,1-2H3,(H,27,30). The molecule has 2 N–H and O–H groups in total. The Morgan fingerprint density at radius 3 is 2.24 bits per heavy atom. The summed E-state index contributed by atoms with van der Waals surface area (Å²) in [6.07, 6.45) is 1.10. The van der Waals surface area contributed by atoms with Crippen LogP contribution in [0, 0.1) is 12.8 Å². The van der Waals surface area contributed by atoms with Crippen LogP contribution in [0.25, 0.3) is 0 Å². The highest BCUT2D eigenvalue weighted by molar-refractivity contribution is 7.92. The summed E-state index contributed by atoms with van der Waals surface area (Å²) in [6.45, 7) is 2.26. The monoisotopic (exact) mass is 543 g/mol. The molecule has 0 aliphatic carbocycles. The Kier molecular flexibility index (Phi) is 7.86. The molecule has 1 aliphatic rings. The third-order valence-electron chi connectivity index (χ3n) is 6.15. The van der Waals surface area contributed by atoms with Gasteiger partial charge in [0.15, 0.2) is 0 Å². The van der Waals surface area contributed by atoms with Crippen LogP contribution in [0.1, 0.15) is 18.4 Å². The Morgan fingerprint density at radius 2 is 1.59 bits per heavy atom. The first-order valence-corrected chi connectivity index (χ1v) is 14.7. The van der Waals surface area contributed by atoms with E-state index in [-0.39, 0.29) is 22.2 Å². The molecule has 3 aromatic rings. The van der Waals surface area contributed by atoms with E-state index in [0.29, 0.717) is 36.5 Å². The van der Waals surface area contributed by atoms with Gasteiger partial charge < -0.3 is 10.1 Å². The smallest absolute Gasteiger partial charge is 0.261 e. The quantitative estimate of drug-likeness (QED) is 0.445. The molecule has 0 spiro atoms. The second-order valence-corrected chi connectivity index (χ2v) is 12.5. The minimum Gasteiger partial charge on any atom is -0.497 e. The predicted molar refractivity (Wildman–Crippen MR) is 142 cm³/mol. The summed E-state index contributed by atoms with van der Waals surface area (Å²) in [6, 6.07) is 19.0. The van der Waals surface area contributed by atoms with Crippen molar-refractivity contribution in [3.8, 4) is 5.75 Å². The van der Waals surface area contributed by atoms with Gasteiger partial charge >= 0.3 is 0 Å². The van der Waals surface area contributed by atoms with Gasteiger partial charge in [0.25, 0.3) is 10.0 Å². The number of amides is 1. The second-order valence-electron chi connectivity index (χ2n) is 8.87. The molecule has 1 unspecified atom stereocenters. The lowest BCUT2D eigenvalue weighted by Gasteiger charge is -2.31. The van der Waals surface area contributed by atoms with Crippen molar-refractivity contribution >= 4 is 37.3 Å². The van der Waals surface area contributed by atoms with E-state index in [2.05, 4.69) is 10.0 Å². The van der Waals surface area contributed by atoms with Crippen LogP contribution in [0.15, 0.2) is 82.6 Å². The van der Waals surface area contributed by atoms with E-state index >= 15 is 0 Å². The van der Waals surface area contributed by atoms with Gasteiger partial charge in [0.1, 0.15) is 5.75 Å². The molecule has 3 aromatic carbocycles. The average Bonchev–Trinajstić information content (AvgIpc) is 2.89. The van der Waals surface area contributed by atoms with Gasteiger partial charge in [0, 0.05) is 24.5 Å². The largest absolute Gasteiger partial charge is 0.497 e. The Balaban J connectivity index is 1.40. The number of nitrogens with one attached hydrogen (secondary N) is 2. The number of benzene rings is 3. The number of nitrogens with zero attached hydrogens (tertiary/aromatic N) is 1. The fourth-order valence-electron chi connectivity index (χ4n) is 4.16. The summed E-state index contributed by atoms with van der Waals surface area (Å²) in [5.74, 6) is -0.295. The van der Waals surface area contributed by atoms with Gasteiger partial charge in [-0.15, -0.1) is 0 Å². The number of hydrogen-bond acceptors (Lipinski definition) is 6. The van der Waals surface area contributed by atoms with Crippen molar-refractivity contribution in [3.05, 3.63) is 78.4 Å². The molecule has 1 amide bonds. The summed E-state index contributed by atoms with van der Waals surface area (Å²) in [5, 5.41) is 2.78. The molecular weight excluding hydrogens is 514 g/mol. The first-order chi connectivity index (χ1) is 17.6. The summed E-state index contributed by atoms with van der Waals surface area (Å²) < 4.78 is 60.5. The average molecular weight is 544 g/mol. The van der Waals surface area contributed by atoms with E-state index in [4.69, 9.17) is 4.74 Å². The van der Waals surface area contributed by atoms with Crippen LogP contribution in [0.5, 0.6) is 5.75 Å². The van der Waals surface area contributed by atoms with Crippen molar-refractivity contribution in [1.82, 2.24) is 4.31 Å². The number of piperidine rings is 1. The molecule has 9 nitrogen and oxygen atoms in total. The van der Waals surface area contributed by atoms with Crippen LogP contribution in [-0.2, 0) is 24.8 Å². The maximum absolute atomic E-state index is 13.1. The first-order valence-electron chi connectivity index (χ1n) is 11.7. The highest BCUT2D eigenvalue weighted by Crippen LogP contribution is 2.26. The van der Waals surface area contributed by atoms with Gasteiger partial charge in [-0.05, 0) is 86.0 Å². The van der Waals surface area contributed by atoms with Gasteiger partial charge in [-0.2, -0.15) is 4.31 Å². The van der Waals surface area contributed by atoms with E-state index in [0.717, 1.165) is 5.56 Å². The number of anilines is 2. The first kappa shape index (κ1) is 26.6. The molecular formula is C26H29N3O6S2. The molecule has 1 atom stereocenters. The Bertz CT molecular complexity index is 1470. The SMILES string of the molecule is COc1ccc(S(=O)(=O)N2CCCC(C(=O)Nc3ccc(S(=O)(=O)Nc4cccc(C)c4)cc3)C2)cc1. The summed E-state index contributed by atoms with van der Waals surface area (Å²) in [5.41, 5.74) is 1.81. The Hall–Kier alpha value is -3.41. The normalized spacial score (nSPS) is 16.6. The molecule has 1 heterocycles. The highest BCUT2D eigenvalue weighted by atomic mass is 32.2. The molecule has 0 radical (unpaired) electrons. The summed E-state index contributed by atoms with van der Waals surface area (Å²) in [4.78, 5) is 13.1. The summed E-state index contributed by atoms with van der Waals surface area (Å²) in [7, 11) is -6.04. The lowest BCUT2D eigenvalue weighted by atomic mass is 9.99. The number of rotatable bonds is 8. The van der Waals surface area contributed by atoms with Crippen molar-refractivity contribution in [1.29, 1.82) is 0 Å². The lowest BCUT2D eigenvalue weighted by Crippen LogP contribution is -2.43. The van der Waals surface area contributed by atoms with Crippen LogP contribution in [0.4, 0.5) is 11.4 Å². The third kappa shape index (κ3) is 6.30. The minimum atomic E-state index is -3.79. The zero-order valence-corrected chi connectivity index (χ0v) is 22.2. The minimum absolute atomic E-state index is 0.0569. The number of hydrogen-bond donors (Lipinski definition) is 2. The van der Waals surface area contributed by atoms with Gasteiger partial charge in [0.2, 0.25) is 15.9 Å². The van der Waals surface area contributed by atoms with Crippen molar-refractivity contribution in [3.63, 3.8) is 0 Å². The van der Waals surface area contributed by atoms with Crippen LogP contribution in [0.3, 0.4) is 0 Å². The molecule has 4 rings (SSSR count). The third-order valence-corrected chi connectivity index (χ3v) is 9.43. The van der Waals surface area contributed by atoms with E-state index in [1.807, 2.05) is 13.0 Å². The molecule has 11 heteroatoms. The zero-order chi connectivity index (χ0) is 26.6. The number of carbonyl (C=O) groups is 1. The topological polar surface area (TPSA) is 122 Å². The Morgan fingerprint density at radius 1 is 0.919 bits per heavy atom. The van der Waals surface area contributed by atoms with Crippen LogP contribution >= 0.6 is 0 Å². The van der Waals surface area contributed by atoms with Gasteiger partial charge in [-0.25, -0.2) is 16.8 Å². The highest BCUT2D eigenvalue weighted by Gasteiger charge is 2.33. The maximum atomic E-state index is 13.1. The summed E-state index contributed by atoms with van der Waals surface area (Å²) >= 11 is 0. The van der Waals surface area contributed by atoms with Gasteiger partial charge in [-0.3, -0.25) is 9.52 Å². The van der Waals surface area contributed by atoms with E-state index in [1.54, 1.807) is 30.3 Å². The predicted octanol–water partition coefficient (Wildman–Crippen LogP) is 3.84. The van der Waals surface area contributed by atoms with Gasteiger partial charge in [-0.1, -0.05) is 12.1 Å². The molecule has 0 bridgehead atoms. The number of aryl methyl sites for hydroxylation is 1. The van der Waals surface area contributed by atoms with Crippen molar-refractivity contribution in [2.45, 2.75) is 29.6 Å². The fraction of sp³-hybridized carbons (Fsp3) is 0.269. The molecule has 1 fully saturated rings. The maximum Gasteiger partial charge on any atom is 0.261 e. The lowest BCUT2D eigenvalue weighted by molar-refractivity contribution is -0.120. The van der Waals surface area contributed by atoms with E-state index in [9.17, 15) is 21.6 Å². The fourth-order valence-corrected chi connectivity index (χ4v) is 6.73. The van der Waals surface area contributed by atoms with E-state index < -0.39 is 26.0 Å². The number of ether oxygens (including phenoxy) is 1. The number of sulfonamides is 2. The van der Waals surface area contributed by atoms with Gasteiger partial charge in [0.05, 0.1) is 22.8 Å². The van der Waals surface area contributed by atoms with Crippen LogP contribution < -0.4 is 14.8 Å². The molecule has 1 saturated heterocycles. The van der Waals surface area contributed by atoms with Crippen molar-refractivity contribution < 1.29 is 26.4 Å². The van der Waals surface area contributed by atoms with Crippen LogP contribution in [0.2, 0.25) is 0 Å². The van der Waals surface area contributed by atoms with Crippen LogP contribution in [-0.4, -0.2) is 47.2 Å². The molecule has 196 valence electrons. The molecule has 0 saturated carbocycles. The molecule has 37 heavy (non-hydrogen) atoms. The molecule has 0 aromatic heterocycles. The Labute approximate surface area is 217 Å². The molecule has 1 aliphatic heterocycles. The van der Waals surface area contributed by atoms with Crippen molar-refractivity contribution in [2.24, 2.45) is 5.92 Å². The number of carbonyl (C=O) groups excluding carboxylic acids is 1. The number of methoxy groups -OCH3 is 1.